The monoisotopic (exact) mass is 279 g/mol. The minimum absolute atomic E-state index is 0.315. The van der Waals surface area contributed by atoms with Crippen molar-refractivity contribution in [1.29, 1.82) is 0 Å². The largest absolute Gasteiger partial charge is 0.307 e. The van der Waals surface area contributed by atoms with Crippen LogP contribution in [0.3, 0.4) is 0 Å². The summed E-state index contributed by atoms with van der Waals surface area (Å²) in [5.74, 6) is 0. The van der Waals surface area contributed by atoms with E-state index in [-0.39, 0.29) is 0 Å². The maximum atomic E-state index is 4.62. The number of rotatable bonds is 4. The molecule has 3 nitrogen and oxygen atoms in total. The average Bonchev–Trinajstić information content (AvgIpc) is 2.87. The molecule has 0 spiro atoms. The Morgan fingerprint density at radius 2 is 2.05 bits per heavy atom. The molecule has 2 heterocycles. The minimum atomic E-state index is 0.315. The van der Waals surface area contributed by atoms with Crippen molar-refractivity contribution in [3.8, 4) is 0 Å². The number of aryl methyl sites for hydroxylation is 2. The van der Waals surface area contributed by atoms with Gasteiger partial charge in [-0.15, -0.1) is 0 Å². The first-order valence-corrected chi connectivity index (χ1v) is 7.36. The van der Waals surface area contributed by atoms with E-state index in [0.29, 0.717) is 6.04 Å². The van der Waals surface area contributed by atoms with Crippen molar-refractivity contribution in [2.24, 2.45) is 0 Å². The van der Waals surface area contributed by atoms with Crippen molar-refractivity contribution in [2.75, 3.05) is 0 Å². The standard InChI is InChI=1S/C18H21N3/c1-13-7-8-17(14(2)10-13)15(3)19-11-16-12-21-9-5-4-6-18(21)20-16/h4-10,12,15,19H,11H2,1-3H3. The molecule has 1 unspecified atom stereocenters. The van der Waals surface area contributed by atoms with Gasteiger partial charge in [0.15, 0.2) is 0 Å². The molecule has 1 aromatic carbocycles. The molecule has 0 amide bonds. The predicted octanol–water partition coefficient (Wildman–Crippen LogP) is 3.80. The van der Waals surface area contributed by atoms with Gasteiger partial charge in [-0.3, -0.25) is 0 Å². The Morgan fingerprint density at radius 1 is 1.19 bits per heavy atom. The number of hydrogen-bond acceptors (Lipinski definition) is 2. The summed E-state index contributed by atoms with van der Waals surface area (Å²) < 4.78 is 2.05. The number of hydrogen-bond donors (Lipinski definition) is 1. The van der Waals surface area contributed by atoms with Crippen molar-refractivity contribution in [3.05, 3.63) is 71.2 Å². The molecule has 2 aromatic heterocycles. The number of imidazole rings is 1. The highest BCUT2D eigenvalue weighted by Crippen LogP contribution is 2.19. The van der Waals surface area contributed by atoms with Gasteiger partial charge in [0.1, 0.15) is 5.65 Å². The van der Waals surface area contributed by atoms with Gasteiger partial charge in [-0.1, -0.05) is 29.8 Å². The third kappa shape index (κ3) is 2.98. The molecule has 1 N–H and O–H groups in total. The molecule has 3 rings (SSSR count). The fourth-order valence-corrected chi connectivity index (χ4v) is 2.75. The highest BCUT2D eigenvalue weighted by atomic mass is 15.0. The van der Waals surface area contributed by atoms with E-state index in [1.54, 1.807) is 0 Å². The normalized spacial score (nSPS) is 12.7. The Morgan fingerprint density at radius 3 is 2.81 bits per heavy atom. The Hall–Kier alpha value is -2.13. The Balaban J connectivity index is 1.71. The van der Waals surface area contributed by atoms with Crippen molar-refractivity contribution >= 4 is 5.65 Å². The quantitative estimate of drug-likeness (QED) is 0.787. The average molecular weight is 279 g/mol. The first kappa shape index (κ1) is 13.8. The van der Waals surface area contributed by atoms with Gasteiger partial charge >= 0.3 is 0 Å². The fraction of sp³-hybridized carbons (Fsp3) is 0.278. The van der Waals surface area contributed by atoms with Gasteiger partial charge in [0, 0.05) is 25.0 Å². The Kier molecular flexibility index (Phi) is 3.76. The molecule has 0 saturated carbocycles. The molecular weight excluding hydrogens is 258 g/mol. The molecule has 3 heteroatoms. The number of aromatic nitrogens is 2. The highest BCUT2D eigenvalue weighted by molar-refractivity contribution is 5.39. The molecule has 0 bridgehead atoms. The van der Waals surface area contributed by atoms with Crippen molar-refractivity contribution in [2.45, 2.75) is 33.4 Å². The third-order valence-electron chi connectivity index (χ3n) is 3.90. The van der Waals surface area contributed by atoms with E-state index in [1.807, 2.05) is 24.4 Å². The maximum Gasteiger partial charge on any atom is 0.137 e. The van der Waals surface area contributed by atoms with Gasteiger partial charge in [-0.2, -0.15) is 0 Å². The lowest BCUT2D eigenvalue weighted by atomic mass is 10.0. The lowest BCUT2D eigenvalue weighted by Crippen LogP contribution is -2.19. The maximum absolute atomic E-state index is 4.62. The van der Waals surface area contributed by atoms with E-state index < -0.39 is 0 Å². The minimum Gasteiger partial charge on any atom is -0.307 e. The number of nitrogens with zero attached hydrogens (tertiary/aromatic N) is 2. The van der Waals surface area contributed by atoms with Gasteiger partial charge in [0.25, 0.3) is 0 Å². The zero-order chi connectivity index (χ0) is 14.8. The molecule has 1 atom stereocenters. The van der Waals surface area contributed by atoms with Crippen LogP contribution in [0.25, 0.3) is 5.65 Å². The van der Waals surface area contributed by atoms with Crippen LogP contribution < -0.4 is 5.32 Å². The first-order valence-electron chi connectivity index (χ1n) is 7.36. The van der Waals surface area contributed by atoms with Gasteiger partial charge in [0.2, 0.25) is 0 Å². The summed E-state index contributed by atoms with van der Waals surface area (Å²) in [7, 11) is 0. The number of pyridine rings is 1. The molecule has 0 fully saturated rings. The highest BCUT2D eigenvalue weighted by Gasteiger charge is 2.09. The lowest BCUT2D eigenvalue weighted by molar-refractivity contribution is 0.566. The van der Waals surface area contributed by atoms with Crippen LogP contribution in [0, 0.1) is 13.8 Å². The van der Waals surface area contributed by atoms with E-state index in [4.69, 9.17) is 0 Å². The van der Waals surface area contributed by atoms with Crippen LogP contribution in [0.2, 0.25) is 0 Å². The molecule has 21 heavy (non-hydrogen) atoms. The number of nitrogens with one attached hydrogen (secondary N) is 1. The van der Waals surface area contributed by atoms with Crippen molar-refractivity contribution in [1.82, 2.24) is 14.7 Å². The second-order valence-corrected chi connectivity index (χ2v) is 5.66. The second kappa shape index (κ2) is 5.70. The molecule has 3 aromatic rings. The molecule has 0 radical (unpaired) electrons. The van der Waals surface area contributed by atoms with Crippen LogP contribution in [-0.2, 0) is 6.54 Å². The summed E-state index contributed by atoms with van der Waals surface area (Å²) in [6.07, 6.45) is 4.11. The number of benzene rings is 1. The lowest BCUT2D eigenvalue weighted by Gasteiger charge is -2.16. The Labute approximate surface area is 125 Å². The van der Waals surface area contributed by atoms with Gasteiger partial charge < -0.3 is 9.72 Å². The number of fused-ring (bicyclic) bond motifs is 1. The van der Waals surface area contributed by atoms with Crippen molar-refractivity contribution < 1.29 is 0 Å². The van der Waals surface area contributed by atoms with Crippen LogP contribution in [-0.4, -0.2) is 9.38 Å². The molecule has 0 aliphatic rings. The zero-order valence-electron chi connectivity index (χ0n) is 12.8. The molecule has 108 valence electrons. The van der Waals surface area contributed by atoms with E-state index in [0.717, 1.165) is 17.9 Å². The molecule has 0 saturated heterocycles. The predicted molar refractivity (Wildman–Crippen MR) is 86.4 cm³/mol. The smallest absolute Gasteiger partial charge is 0.137 e. The van der Waals surface area contributed by atoms with Crippen LogP contribution in [0.1, 0.15) is 35.3 Å². The Bertz CT molecular complexity index is 725. The zero-order valence-corrected chi connectivity index (χ0v) is 12.8. The van der Waals surface area contributed by atoms with Crippen LogP contribution in [0.4, 0.5) is 0 Å². The molecule has 0 aliphatic carbocycles. The van der Waals surface area contributed by atoms with Crippen LogP contribution in [0.5, 0.6) is 0 Å². The third-order valence-corrected chi connectivity index (χ3v) is 3.90. The van der Waals surface area contributed by atoms with Crippen LogP contribution >= 0.6 is 0 Å². The van der Waals surface area contributed by atoms with E-state index in [2.05, 4.69) is 59.9 Å². The summed E-state index contributed by atoms with van der Waals surface area (Å²) >= 11 is 0. The first-order chi connectivity index (χ1) is 10.1. The fourth-order valence-electron chi connectivity index (χ4n) is 2.75. The molecule has 0 aliphatic heterocycles. The van der Waals surface area contributed by atoms with E-state index >= 15 is 0 Å². The topological polar surface area (TPSA) is 29.3 Å². The summed E-state index contributed by atoms with van der Waals surface area (Å²) in [6, 6.07) is 13.0. The van der Waals surface area contributed by atoms with Crippen LogP contribution in [0.15, 0.2) is 48.8 Å². The summed E-state index contributed by atoms with van der Waals surface area (Å²) in [6.45, 7) is 7.28. The van der Waals surface area contributed by atoms with Gasteiger partial charge in [0.05, 0.1) is 5.69 Å². The van der Waals surface area contributed by atoms with Gasteiger partial charge in [-0.05, 0) is 44.0 Å². The summed E-state index contributed by atoms with van der Waals surface area (Å²) in [5, 5.41) is 3.56. The molecular formula is C18H21N3. The van der Waals surface area contributed by atoms with E-state index in [1.165, 1.54) is 16.7 Å². The summed E-state index contributed by atoms with van der Waals surface area (Å²) in [4.78, 5) is 4.62. The van der Waals surface area contributed by atoms with Crippen molar-refractivity contribution in [3.63, 3.8) is 0 Å². The SMILES string of the molecule is Cc1ccc(C(C)NCc2cn3ccccc3n2)c(C)c1. The van der Waals surface area contributed by atoms with E-state index in [9.17, 15) is 0 Å². The van der Waals surface area contributed by atoms with Gasteiger partial charge in [-0.25, -0.2) is 4.98 Å². The summed E-state index contributed by atoms with van der Waals surface area (Å²) in [5.41, 5.74) is 6.06. The second-order valence-electron chi connectivity index (χ2n) is 5.66.